The number of hydrogen-bond acceptors (Lipinski definition) is 4. The quantitative estimate of drug-likeness (QED) is 0.459. The third-order valence-corrected chi connectivity index (χ3v) is 2.08. The molecule has 0 heterocycles. The van der Waals surface area contributed by atoms with Crippen molar-refractivity contribution in [2.24, 2.45) is 11.7 Å². The van der Waals surface area contributed by atoms with Gasteiger partial charge in [-0.15, -0.1) is 0 Å². The number of hydrogen-bond donors (Lipinski definition) is 2. The maximum absolute atomic E-state index is 11.3. The van der Waals surface area contributed by atoms with Crippen molar-refractivity contribution in [2.75, 3.05) is 13.2 Å². The third-order valence-electron chi connectivity index (χ3n) is 2.08. The van der Waals surface area contributed by atoms with Gasteiger partial charge in [-0.3, -0.25) is 4.79 Å². The van der Waals surface area contributed by atoms with Gasteiger partial charge in [0.05, 0.1) is 6.61 Å². The molecule has 1 aliphatic rings. The van der Waals surface area contributed by atoms with E-state index in [0.29, 0.717) is 12.5 Å². The highest BCUT2D eigenvalue weighted by Crippen LogP contribution is 2.27. The fourth-order valence-electron chi connectivity index (χ4n) is 1.02. The Morgan fingerprint density at radius 3 is 2.71 bits per heavy atom. The van der Waals surface area contributed by atoms with Gasteiger partial charge in [0.2, 0.25) is 5.91 Å². The third kappa shape index (κ3) is 3.33. The van der Waals surface area contributed by atoms with E-state index in [1.165, 1.54) is 0 Å². The van der Waals surface area contributed by atoms with Crippen molar-refractivity contribution in [1.82, 2.24) is 5.32 Å². The second kappa shape index (κ2) is 4.95. The minimum atomic E-state index is -1.19. The molecule has 5 nitrogen and oxygen atoms in total. The Hall–Kier alpha value is -1.10. The molecule has 0 aliphatic heterocycles. The molecule has 14 heavy (non-hydrogen) atoms. The van der Waals surface area contributed by atoms with Gasteiger partial charge in [-0.25, -0.2) is 4.79 Å². The van der Waals surface area contributed by atoms with Crippen LogP contribution in [0.5, 0.6) is 0 Å². The summed E-state index contributed by atoms with van der Waals surface area (Å²) in [6.45, 7) is 2.53. The number of carbonyl (C=O) groups excluding carboxylic acids is 2. The fourth-order valence-corrected chi connectivity index (χ4v) is 1.02. The highest BCUT2D eigenvalue weighted by Gasteiger charge is 2.26. The standard InChI is InChI=1S/C9H16N2O3/c1-2-14-9(13)7(10)8(12)11-5-6-3-4-6/h6-7H,2-5,10H2,1H3,(H,11,12). The lowest BCUT2D eigenvalue weighted by molar-refractivity contribution is -0.147. The van der Waals surface area contributed by atoms with Crippen LogP contribution in [0.3, 0.4) is 0 Å². The zero-order valence-corrected chi connectivity index (χ0v) is 8.29. The molecule has 0 aromatic rings. The average molecular weight is 200 g/mol. The lowest BCUT2D eigenvalue weighted by Gasteiger charge is -2.10. The highest BCUT2D eigenvalue weighted by atomic mass is 16.5. The molecule has 1 atom stereocenters. The summed E-state index contributed by atoms with van der Waals surface area (Å²) in [4.78, 5) is 22.3. The van der Waals surface area contributed by atoms with Gasteiger partial charge in [0.1, 0.15) is 0 Å². The van der Waals surface area contributed by atoms with E-state index < -0.39 is 17.9 Å². The molecule has 1 unspecified atom stereocenters. The van der Waals surface area contributed by atoms with Crippen LogP contribution in [0.2, 0.25) is 0 Å². The number of rotatable bonds is 5. The van der Waals surface area contributed by atoms with Gasteiger partial charge in [0.15, 0.2) is 6.04 Å². The minimum absolute atomic E-state index is 0.239. The lowest BCUT2D eigenvalue weighted by atomic mass is 10.3. The second-order valence-electron chi connectivity index (χ2n) is 3.42. The summed E-state index contributed by atoms with van der Waals surface area (Å²) < 4.78 is 4.62. The molecule has 0 aromatic carbocycles. The summed E-state index contributed by atoms with van der Waals surface area (Å²) in [5, 5.41) is 2.62. The van der Waals surface area contributed by atoms with Crippen molar-refractivity contribution in [3.8, 4) is 0 Å². The topological polar surface area (TPSA) is 81.4 Å². The predicted molar refractivity (Wildman–Crippen MR) is 50.3 cm³/mol. The largest absolute Gasteiger partial charge is 0.464 e. The Morgan fingerprint density at radius 1 is 1.57 bits per heavy atom. The molecule has 80 valence electrons. The number of ether oxygens (including phenoxy) is 1. The summed E-state index contributed by atoms with van der Waals surface area (Å²) >= 11 is 0. The van der Waals surface area contributed by atoms with E-state index in [2.05, 4.69) is 10.1 Å². The van der Waals surface area contributed by atoms with Crippen LogP contribution in [0.25, 0.3) is 0 Å². The van der Waals surface area contributed by atoms with E-state index in [1.807, 2.05) is 0 Å². The Kier molecular flexibility index (Phi) is 3.88. The van der Waals surface area contributed by atoms with Gasteiger partial charge >= 0.3 is 5.97 Å². The Labute approximate surface area is 83.0 Å². The fraction of sp³-hybridized carbons (Fsp3) is 0.778. The summed E-state index contributed by atoms with van der Waals surface area (Å²) in [6.07, 6.45) is 2.30. The van der Waals surface area contributed by atoms with Crippen molar-refractivity contribution in [3.63, 3.8) is 0 Å². The first-order valence-corrected chi connectivity index (χ1v) is 4.85. The summed E-state index contributed by atoms with van der Waals surface area (Å²) in [7, 11) is 0. The molecule has 0 aromatic heterocycles. The van der Waals surface area contributed by atoms with Crippen LogP contribution < -0.4 is 11.1 Å². The molecule has 1 amide bonds. The lowest BCUT2D eigenvalue weighted by Crippen LogP contribution is -2.47. The van der Waals surface area contributed by atoms with Crippen LogP contribution >= 0.6 is 0 Å². The number of nitrogens with two attached hydrogens (primary N) is 1. The molecule has 0 bridgehead atoms. The zero-order chi connectivity index (χ0) is 10.6. The molecule has 1 saturated carbocycles. The van der Waals surface area contributed by atoms with Crippen LogP contribution in [0.15, 0.2) is 0 Å². The molecule has 0 saturated heterocycles. The number of amides is 1. The molecule has 1 aliphatic carbocycles. The maximum atomic E-state index is 11.3. The molecule has 1 fully saturated rings. The average Bonchev–Trinajstić information content (AvgIpc) is 2.97. The van der Waals surface area contributed by atoms with Gasteiger partial charge in [-0.1, -0.05) is 0 Å². The van der Waals surface area contributed by atoms with Gasteiger partial charge in [-0.05, 0) is 25.7 Å². The number of nitrogens with one attached hydrogen (secondary N) is 1. The highest BCUT2D eigenvalue weighted by molar-refractivity contribution is 6.01. The van der Waals surface area contributed by atoms with E-state index in [0.717, 1.165) is 12.8 Å². The molecular formula is C9H16N2O3. The van der Waals surface area contributed by atoms with E-state index >= 15 is 0 Å². The van der Waals surface area contributed by atoms with Crippen LogP contribution in [0.4, 0.5) is 0 Å². The van der Waals surface area contributed by atoms with Crippen molar-refractivity contribution < 1.29 is 14.3 Å². The normalized spacial score (nSPS) is 17.3. The summed E-state index contributed by atoms with van der Waals surface area (Å²) in [6, 6.07) is -1.19. The Balaban J connectivity index is 2.23. The smallest absolute Gasteiger partial charge is 0.332 e. The van der Waals surface area contributed by atoms with E-state index in [9.17, 15) is 9.59 Å². The van der Waals surface area contributed by atoms with Crippen LogP contribution in [-0.4, -0.2) is 31.1 Å². The number of carbonyl (C=O) groups is 2. The predicted octanol–water partition coefficient (Wildman–Crippen LogP) is -0.597. The minimum Gasteiger partial charge on any atom is -0.464 e. The van der Waals surface area contributed by atoms with E-state index in [4.69, 9.17) is 5.73 Å². The molecule has 0 radical (unpaired) electrons. The van der Waals surface area contributed by atoms with Crippen molar-refractivity contribution in [2.45, 2.75) is 25.8 Å². The summed E-state index contributed by atoms with van der Waals surface area (Å²) in [5.74, 6) is -0.538. The second-order valence-corrected chi connectivity index (χ2v) is 3.42. The Bertz CT molecular complexity index is 226. The summed E-state index contributed by atoms with van der Waals surface area (Å²) in [5.41, 5.74) is 5.37. The number of esters is 1. The van der Waals surface area contributed by atoms with Crippen molar-refractivity contribution in [1.29, 1.82) is 0 Å². The van der Waals surface area contributed by atoms with Crippen LogP contribution in [0.1, 0.15) is 19.8 Å². The first-order chi connectivity index (χ1) is 6.65. The van der Waals surface area contributed by atoms with Gasteiger partial charge in [0.25, 0.3) is 0 Å². The Morgan fingerprint density at radius 2 is 2.21 bits per heavy atom. The molecule has 3 N–H and O–H groups in total. The molecule has 5 heteroatoms. The van der Waals surface area contributed by atoms with Gasteiger partial charge < -0.3 is 15.8 Å². The first kappa shape index (κ1) is 11.0. The monoisotopic (exact) mass is 200 g/mol. The zero-order valence-electron chi connectivity index (χ0n) is 8.29. The maximum Gasteiger partial charge on any atom is 0.332 e. The first-order valence-electron chi connectivity index (χ1n) is 4.85. The van der Waals surface area contributed by atoms with E-state index in [1.54, 1.807) is 6.92 Å². The van der Waals surface area contributed by atoms with Crippen LogP contribution in [-0.2, 0) is 14.3 Å². The van der Waals surface area contributed by atoms with Crippen molar-refractivity contribution >= 4 is 11.9 Å². The van der Waals surface area contributed by atoms with Gasteiger partial charge in [-0.2, -0.15) is 0 Å². The van der Waals surface area contributed by atoms with Crippen LogP contribution in [0, 0.1) is 5.92 Å². The molecule has 0 spiro atoms. The van der Waals surface area contributed by atoms with Crippen molar-refractivity contribution in [3.05, 3.63) is 0 Å². The molecular weight excluding hydrogens is 184 g/mol. The SMILES string of the molecule is CCOC(=O)C(N)C(=O)NCC1CC1. The van der Waals surface area contributed by atoms with Gasteiger partial charge in [0, 0.05) is 6.54 Å². The molecule has 1 rings (SSSR count). The van der Waals surface area contributed by atoms with E-state index in [-0.39, 0.29) is 6.61 Å².